The van der Waals surface area contributed by atoms with Crippen molar-refractivity contribution in [2.75, 3.05) is 6.54 Å². The zero-order valence-electron chi connectivity index (χ0n) is 11.1. The fourth-order valence-electron chi connectivity index (χ4n) is 2.54. The highest BCUT2D eigenvalue weighted by molar-refractivity contribution is 9.10. The largest absolute Gasteiger partial charge is 0.329 e. The second kappa shape index (κ2) is 5.47. The average Bonchev–Trinajstić information content (AvgIpc) is 2.76. The van der Waals surface area contributed by atoms with E-state index in [1.54, 1.807) is 0 Å². The molecule has 4 heteroatoms. The van der Waals surface area contributed by atoms with Crippen LogP contribution in [0.5, 0.6) is 0 Å². The van der Waals surface area contributed by atoms with Gasteiger partial charge in [-0.2, -0.15) is 0 Å². The van der Waals surface area contributed by atoms with Gasteiger partial charge in [0, 0.05) is 26.1 Å². The summed E-state index contributed by atoms with van der Waals surface area (Å²) < 4.78 is 3.35. The van der Waals surface area contributed by atoms with Crippen molar-refractivity contribution in [2.45, 2.75) is 32.9 Å². The quantitative estimate of drug-likeness (QED) is 0.942. The number of halogens is 1. The Hall–Kier alpha value is -1.13. The predicted molar refractivity (Wildman–Crippen MR) is 80.2 cm³/mol. The molecule has 0 atom stereocenters. The normalized spacial score (nSPS) is 14.4. The first-order chi connectivity index (χ1) is 9.24. The van der Waals surface area contributed by atoms with E-state index in [1.807, 2.05) is 0 Å². The summed E-state index contributed by atoms with van der Waals surface area (Å²) in [5.74, 6) is 1.20. The fraction of sp³-hybridized carbons (Fsp3) is 0.400. The van der Waals surface area contributed by atoms with Gasteiger partial charge in [-0.05, 0) is 34.8 Å². The van der Waals surface area contributed by atoms with Crippen molar-refractivity contribution < 1.29 is 0 Å². The highest BCUT2D eigenvalue weighted by Gasteiger charge is 2.17. The molecular weight excluding hydrogens is 302 g/mol. The van der Waals surface area contributed by atoms with E-state index < -0.39 is 0 Å². The molecule has 3 rings (SSSR count). The van der Waals surface area contributed by atoms with E-state index in [1.165, 1.54) is 22.6 Å². The Morgan fingerprint density at radius 2 is 2.05 bits per heavy atom. The molecule has 0 unspecified atom stereocenters. The van der Waals surface area contributed by atoms with Crippen molar-refractivity contribution in [1.29, 1.82) is 0 Å². The van der Waals surface area contributed by atoms with Gasteiger partial charge in [0.25, 0.3) is 0 Å². The maximum absolute atomic E-state index is 4.66. The predicted octanol–water partition coefficient (Wildman–Crippen LogP) is 2.84. The summed E-state index contributed by atoms with van der Waals surface area (Å²) in [6.07, 6.45) is 2.05. The lowest BCUT2D eigenvalue weighted by Crippen LogP contribution is -2.28. The van der Waals surface area contributed by atoms with Crippen LogP contribution >= 0.6 is 15.9 Å². The van der Waals surface area contributed by atoms with Gasteiger partial charge in [-0.25, -0.2) is 4.98 Å². The van der Waals surface area contributed by atoms with Gasteiger partial charge in [0.15, 0.2) is 0 Å². The molecule has 1 N–H and O–H groups in total. The Morgan fingerprint density at radius 3 is 2.84 bits per heavy atom. The summed E-state index contributed by atoms with van der Waals surface area (Å²) in [5.41, 5.74) is 3.98. The number of hydrogen-bond acceptors (Lipinski definition) is 2. The third kappa shape index (κ3) is 2.74. The van der Waals surface area contributed by atoms with Gasteiger partial charge in [0.2, 0.25) is 0 Å². The Kier molecular flexibility index (Phi) is 3.71. The summed E-state index contributed by atoms with van der Waals surface area (Å²) in [4.78, 5) is 4.66. The molecule has 100 valence electrons. The summed E-state index contributed by atoms with van der Waals surface area (Å²) in [6.45, 7) is 5.10. The van der Waals surface area contributed by atoms with Crippen LogP contribution in [0.15, 0.2) is 28.9 Å². The van der Waals surface area contributed by atoms with Gasteiger partial charge in [-0.15, -0.1) is 0 Å². The van der Waals surface area contributed by atoms with E-state index in [9.17, 15) is 0 Å². The molecule has 1 aliphatic rings. The van der Waals surface area contributed by atoms with E-state index in [0.29, 0.717) is 0 Å². The van der Waals surface area contributed by atoms with Crippen LogP contribution in [0.4, 0.5) is 0 Å². The van der Waals surface area contributed by atoms with Crippen LogP contribution in [-0.4, -0.2) is 16.1 Å². The number of hydrogen-bond donors (Lipinski definition) is 1. The highest BCUT2D eigenvalue weighted by atomic mass is 79.9. The van der Waals surface area contributed by atoms with Crippen LogP contribution in [0.3, 0.4) is 0 Å². The minimum atomic E-state index is 0.915. The van der Waals surface area contributed by atoms with E-state index in [-0.39, 0.29) is 0 Å². The molecule has 0 amide bonds. The summed E-state index contributed by atoms with van der Waals surface area (Å²) in [7, 11) is 0. The number of nitrogens with zero attached hydrogens (tertiary/aromatic N) is 2. The van der Waals surface area contributed by atoms with Crippen LogP contribution in [0.2, 0.25) is 0 Å². The number of benzene rings is 1. The smallest absolute Gasteiger partial charge is 0.128 e. The first-order valence-electron chi connectivity index (χ1n) is 6.74. The third-order valence-electron chi connectivity index (χ3n) is 3.67. The molecule has 1 aliphatic heterocycles. The molecule has 0 saturated carbocycles. The van der Waals surface area contributed by atoms with E-state index in [0.717, 1.165) is 37.1 Å². The number of aromatic nitrogens is 2. The lowest BCUT2D eigenvalue weighted by atomic mass is 10.1. The number of nitrogens with one attached hydrogen (secondary N) is 1. The third-order valence-corrected chi connectivity index (χ3v) is 4.30. The Bertz CT molecular complexity index is 572. The van der Waals surface area contributed by atoms with Gasteiger partial charge < -0.3 is 9.88 Å². The standard InChI is InChI=1S/C15H18BrN3/c1-11-2-4-12(5-3-11)6-7-14-18-15(16)13-10-17-8-9-19(13)14/h2-5,17H,6-10H2,1H3. The van der Waals surface area contributed by atoms with Crippen LogP contribution in [-0.2, 0) is 25.9 Å². The zero-order valence-corrected chi connectivity index (χ0v) is 12.7. The van der Waals surface area contributed by atoms with Gasteiger partial charge >= 0.3 is 0 Å². The van der Waals surface area contributed by atoms with Gasteiger partial charge in [-0.3, -0.25) is 0 Å². The maximum atomic E-state index is 4.66. The Morgan fingerprint density at radius 1 is 1.26 bits per heavy atom. The van der Waals surface area contributed by atoms with Crippen LogP contribution in [0.25, 0.3) is 0 Å². The second-order valence-corrected chi connectivity index (χ2v) is 5.83. The summed E-state index contributed by atoms with van der Waals surface area (Å²) >= 11 is 3.57. The van der Waals surface area contributed by atoms with Crippen molar-refractivity contribution in [3.8, 4) is 0 Å². The molecule has 19 heavy (non-hydrogen) atoms. The second-order valence-electron chi connectivity index (χ2n) is 5.08. The van der Waals surface area contributed by atoms with Crippen molar-refractivity contribution in [3.63, 3.8) is 0 Å². The van der Waals surface area contributed by atoms with Crippen LogP contribution in [0, 0.1) is 6.92 Å². The van der Waals surface area contributed by atoms with Crippen molar-refractivity contribution >= 4 is 15.9 Å². The van der Waals surface area contributed by atoms with Gasteiger partial charge in [-0.1, -0.05) is 29.8 Å². The molecule has 1 aromatic heterocycles. The average molecular weight is 320 g/mol. The Balaban J connectivity index is 1.75. The van der Waals surface area contributed by atoms with Gasteiger partial charge in [0.05, 0.1) is 5.69 Å². The van der Waals surface area contributed by atoms with Crippen molar-refractivity contribution in [1.82, 2.24) is 14.9 Å². The van der Waals surface area contributed by atoms with E-state index in [2.05, 4.69) is 62.0 Å². The molecular formula is C15H18BrN3. The number of fused-ring (bicyclic) bond motifs is 1. The summed E-state index contributed by atoms with van der Waals surface area (Å²) in [6, 6.07) is 8.78. The van der Waals surface area contributed by atoms with Crippen molar-refractivity contribution in [3.05, 3.63) is 51.5 Å². The molecule has 0 saturated heterocycles. The molecule has 1 aromatic carbocycles. The van der Waals surface area contributed by atoms with E-state index >= 15 is 0 Å². The zero-order chi connectivity index (χ0) is 13.2. The van der Waals surface area contributed by atoms with Crippen molar-refractivity contribution in [2.24, 2.45) is 0 Å². The number of rotatable bonds is 3. The number of aryl methyl sites for hydroxylation is 3. The molecule has 2 aromatic rings. The molecule has 3 nitrogen and oxygen atoms in total. The SMILES string of the molecule is Cc1ccc(CCc2nc(Br)c3n2CCNC3)cc1. The lowest BCUT2D eigenvalue weighted by molar-refractivity contribution is 0.499. The maximum Gasteiger partial charge on any atom is 0.128 e. The monoisotopic (exact) mass is 319 g/mol. The lowest BCUT2D eigenvalue weighted by Gasteiger charge is -2.18. The van der Waals surface area contributed by atoms with Gasteiger partial charge in [0.1, 0.15) is 10.4 Å². The Labute approximate surface area is 122 Å². The fourth-order valence-corrected chi connectivity index (χ4v) is 3.10. The first kappa shape index (κ1) is 12.9. The van der Waals surface area contributed by atoms with Crippen LogP contribution < -0.4 is 5.32 Å². The summed E-state index contributed by atoms with van der Waals surface area (Å²) in [5, 5.41) is 3.38. The molecule has 0 fully saturated rings. The topological polar surface area (TPSA) is 29.9 Å². The minimum absolute atomic E-state index is 0.915. The molecule has 0 radical (unpaired) electrons. The molecule has 2 heterocycles. The molecule has 0 spiro atoms. The first-order valence-corrected chi connectivity index (χ1v) is 7.53. The number of imidazole rings is 1. The molecule has 0 aliphatic carbocycles. The minimum Gasteiger partial charge on any atom is -0.329 e. The van der Waals surface area contributed by atoms with Crippen LogP contribution in [0.1, 0.15) is 22.6 Å². The van der Waals surface area contributed by atoms with E-state index in [4.69, 9.17) is 0 Å². The molecule has 0 bridgehead atoms. The highest BCUT2D eigenvalue weighted by Crippen LogP contribution is 2.21.